The highest BCUT2D eigenvalue weighted by Crippen LogP contribution is 2.25. The van der Waals surface area contributed by atoms with Crippen LogP contribution < -0.4 is 0 Å². The molecule has 4 nitrogen and oxygen atoms in total. The molecule has 1 aromatic rings. The van der Waals surface area contributed by atoms with Crippen LogP contribution in [0.15, 0.2) is 34.6 Å². The zero-order chi connectivity index (χ0) is 7.40. The zero-order valence-corrected chi connectivity index (χ0v) is 5.02. The lowest BCUT2D eigenvalue weighted by Gasteiger charge is -1.88. The van der Waals surface area contributed by atoms with Crippen molar-refractivity contribution in [2.24, 2.45) is 10.4 Å². The molecular weight excluding hydrogens is 160 g/mol. The van der Waals surface area contributed by atoms with Crippen LogP contribution >= 0.6 is 0 Å². The van der Waals surface area contributed by atoms with Crippen molar-refractivity contribution in [3.05, 3.63) is 34.1 Å². The van der Waals surface area contributed by atoms with E-state index in [-0.39, 0.29) is 22.3 Å². The third-order valence-electron chi connectivity index (χ3n) is 1.08. The Kier molecular flexibility index (Phi) is 3.90. The van der Waals surface area contributed by atoms with Crippen LogP contribution in [0.2, 0.25) is 0 Å². The minimum atomic E-state index is 0. The van der Waals surface area contributed by atoms with Gasteiger partial charge in [-0.3, -0.25) is 0 Å². The first-order valence-corrected chi connectivity index (χ1v) is 2.64. The van der Waals surface area contributed by atoms with Gasteiger partial charge in [0.05, 0.1) is 0 Å². The lowest BCUT2D eigenvalue weighted by molar-refractivity contribution is 1.42. The van der Waals surface area contributed by atoms with Gasteiger partial charge in [0.25, 0.3) is 0 Å². The first kappa shape index (κ1) is 9.64. The van der Waals surface area contributed by atoms with Gasteiger partial charge >= 0.3 is 0 Å². The highest BCUT2D eigenvalue weighted by molar-refractivity contribution is 5.75. The normalized spacial score (nSPS) is 8.00. The highest BCUT2D eigenvalue weighted by Gasteiger charge is 1.98. The van der Waals surface area contributed by atoms with E-state index < -0.39 is 0 Å². The molecule has 0 aliphatic heterocycles. The Morgan fingerprint density at radius 3 is 1.55 bits per heavy atom. The lowest BCUT2D eigenvalue weighted by atomic mass is 10.3. The molecule has 0 spiro atoms. The molecule has 0 amide bonds. The molecule has 0 aliphatic carbocycles. The van der Waals surface area contributed by atoms with Crippen LogP contribution in [-0.4, -0.2) is 11.0 Å². The molecule has 0 aliphatic rings. The Morgan fingerprint density at radius 1 is 0.909 bits per heavy atom. The molecule has 0 fully saturated rings. The summed E-state index contributed by atoms with van der Waals surface area (Å²) in [7, 11) is 0. The molecule has 11 heavy (non-hydrogen) atoms. The summed E-state index contributed by atoms with van der Waals surface area (Å²) < 4.78 is 0. The molecule has 0 saturated heterocycles. The Balaban J connectivity index is 0.000001000. The van der Waals surface area contributed by atoms with Gasteiger partial charge in [0.1, 0.15) is 11.4 Å². The fourth-order valence-electron chi connectivity index (χ4n) is 0.619. The van der Waals surface area contributed by atoms with Crippen molar-refractivity contribution in [3.8, 4) is 0 Å². The van der Waals surface area contributed by atoms with E-state index in [9.17, 15) is 9.81 Å². The number of hydrogen-bond acceptors (Lipinski definition) is 4. The van der Waals surface area contributed by atoms with Crippen molar-refractivity contribution in [1.29, 1.82) is 0 Å². The van der Waals surface area contributed by atoms with Crippen LogP contribution in [0.5, 0.6) is 0 Å². The van der Waals surface area contributed by atoms with Crippen LogP contribution in [0.4, 0.5) is 11.4 Å². The first-order valence-electron chi connectivity index (χ1n) is 2.64. The molecule has 0 atom stereocenters. The van der Waals surface area contributed by atoms with Crippen LogP contribution in [-0.2, 0) is 0 Å². The van der Waals surface area contributed by atoms with Gasteiger partial charge < -0.3 is 0 Å². The third kappa shape index (κ3) is 2.05. The minimum absolute atomic E-state index is 0. The summed E-state index contributed by atoms with van der Waals surface area (Å²) in [6.07, 6.45) is 0. The largest absolute Gasteiger partial charge is 0.145 e. The summed E-state index contributed by atoms with van der Waals surface area (Å²) in [6.45, 7) is 0. The van der Waals surface area contributed by atoms with Gasteiger partial charge in [-0.1, -0.05) is 12.1 Å². The SMILES string of the molecule is O=Nc1ccccc1N=O.[SiH4]. The predicted octanol–water partition coefficient (Wildman–Crippen LogP) is 1.03. The first-order chi connectivity index (χ1) is 4.88. The van der Waals surface area contributed by atoms with Gasteiger partial charge in [0.2, 0.25) is 0 Å². The van der Waals surface area contributed by atoms with Crippen LogP contribution in [0, 0.1) is 9.81 Å². The topological polar surface area (TPSA) is 58.9 Å². The van der Waals surface area contributed by atoms with E-state index in [1.807, 2.05) is 0 Å². The maximum atomic E-state index is 9.94. The standard InChI is InChI=1S/C6H4N2O2.H4Si/c9-7-5-3-1-2-4-6(5)8-10;/h1-4H;1H4. The quantitative estimate of drug-likeness (QED) is 0.489. The van der Waals surface area contributed by atoms with E-state index in [2.05, 4.69) is 10.4 Å². The molecule has 0 aromatic heterocycles. The third-order valence-corrected chi connectivity index (χ3v) is 1.08. The fourth-order valence-corrected chi connectivity index (χ4v) is 0.619. The van der Waals surface area contributed by atoms with Crippen molar-refractivity contribution >= 4 is 22.3 Å². The second-order valence-electron chi connectivity index (χ2n) is 1.67. The Morgan fingerprint density at radius 2 is 1.27 bits per heavy atom. The van der Waals surface area contributed by atoms with Gasteiger partial charge in [-0.2, -0.15) is 0 Å². The van der Waals surface area contributed by atoms with Crippen molar-refractivity contribution in [2.75, 3.05) is 0 Å². The molecular formula is C6H8N2O2Si. The summed E-state index contributed by atoms with van der Waals surface area (Å²) in [5, 5.41) is 5.20. The molecule has 0 radical (unpaired) electrons. The van der Waals surface area contributed by atoms with Crippen molar-refractivity contribution in [3.63, 3.8) is 0 Å². The minimum Gasteiger partial charge on any atom is -0.145 e. The van der Waals surface area contributed by atoms with E-state index in [0.717, 1.165) is 0 Å². The molecule has 1 rings (SSSR count). The summed E-state index contributed by atoms with van der Waals surface area (Å²) >= 11 is 0. The number of rotatable bonds is 2. The van der Waals surface area contributed by atoms with E-state index in [1.165, 1.54) is 12.1 Å². The van der Waals surface area contributed by atoms with E-state index >= 15 is 0 Å². The van der Waals surface area contributed by atoms with Gasteiger partial charge in [-0.25, -0.2) is 0 Å². The van der Waals surface area contributed by atoms with Crippen LogP contribution in [0.25, 0.3) is 0 Å². The molecule has 58 valence electrons. The summed E-state index contributed by atoms with van der Waals surface area (Å²) in [4.78, 5) is 19.9. The van der Waals surface area contributed by atoms with Crippen molar-refractivity contribution in [2.45, 2.75) is 0 Å². The molecule has 0 saturated carbocycles. The zero-order valence-electron chi connectivity index (χ0n) is 5.02. The average molecular weight is 168 g/mol. The van der Waals surface area contributed by atoms with Crippen LogP contribution in [0.3, 0.4) is 0 Å². The van der Waals surface area contributed by atoms with Crippen molar-refractivity contribution in [1.82, 2.24) is 0 Å². The fraction of sp³-hybridized carbons (Fsp3) is 0. The summed E-state index contributed by atoms with van der Waals surface area (Å²) in [5.74, 6) is 0. The number of benzene rings is 1. The highest BCUT2D eigenvalue weighted by atomic mass is 28.1. The maximum Gasteiger partial charge on any atom is 0.137 e. The molecule has 5 heteroatoms. The van der Waals surface area contributed by atoms with E-state index in [0.29, 0.717) is 0 Å². The number of hydrogen-bond donors (Lipinski definition) is 0. The van der Waals surface area contributed by atoms with Gasteiger partial charge in [0, 0.05) is 0 Å². The Hall–Kier alpha value is -1.36. The predicted molar refractivity (Wildman–Crippen MR) is 48.7 cm³/mol. The molecule has 0 bridgehead atoms. The molecule has 0 N–H and O–H groups in total. The monoisotopic (exact) mass is 168 g/mol. The van der Waals surface area contributed by atoms with Gasteiger partial charge in [-0.05, 0) is 33.5 Å². The number of nitrogens with zero attached hydrogens (tertiary/aromatic N) is 2. The van der Waals surface area contributed by atoms with Gasteiger partial charge in [-0.15, -0.1) is 9.81 Å². The summed E-state index contributed by atoms with van der Waals surface area (Å²) in [6, 6.07) is 6.10. The van der Waals surface area contributed by atoms with Crippen LogP contribution in [0.1, 0.15) is 0 Å². The second-order valence-corrected chi connectivity index (χ2v) is 1.67. The second kappa shape index (κ2) is 4.45. The molecule has 1 aromatic carbocycles. The average Bonchev–Trinajstić information content (AvgIpc) is 2.04. The lowest BCUT2D eigenvalue weighted by Crippen LogP contribution is -1.62. The van der Waals surface area contributed by atoms with Gasteiger partial charge in [0.15, 0.2) is 0 Å². The Bertz CT molecular complexity index is 238. The summed E-state index contributed by atoms with van der Waals surface area (Å²) in [5.41, 5.74) is 0.162. The molecule has 0 unspecified atom stereocenters. The maximum absolute atomic E-state index is 9.94. The van der Waals surface area contributed by atoms with E-state index in [4.69, 9.17) is 0 Å². The van der Waals surface area contributed by atoms with E-state index in [1.54, 1.807) is 12.1 Å². The smallest absolute Gasteiger partial charge is 0.137 e. The number of nitroso groups, excluding NO2 is 2. The Labute approximate surface area is 67.6 Å². The molecule has 0 heterocycles. The van der Waals surface area contributed by atoms with Crippen molar-refractivity contribution < 1.29 is 0 Å².